The van der Waals surface area contributed by atoms with E-state index in [0.717, 1.165) is 70.6 Å². The Labute approximate surface area is 310 Å². The molecule has 5 aliphatic rings. The van der Waals surface area contributed by atoms with Crippen molar-refractivity contribution in [3.63, 3.8) is 0 Å². The number of hydrogen-bond acceptors (Lipinski definition) is 7. The van der Waals surface area contributed by atoms with Gasteiger partial charge in [0.15, 0.2) is 9.84 Å². The zero-order chi connectivity index (χ0) is 37.7. The van der Waals surface area contributed by atoms with Gasteiger partial charge in [-0.25, -0.2) is 13.2 Å². The van der Waals surface area contributed by atoms with Crippen molar-refractivity contribution < 1.29 is 32.4 Å². The Morgan fingerprint density at radius 2 is 1.54 bits per heavy atom. The number of sulfone groups is 1. The second kappa shape index (κ2) is 17.0. The van der Waals surface area contributed by atoms with E-state index < -0.39 is 57.1 Å². The molecule has 1 aliphatic heterocycles. The zero-order valence-corrected chi connectivity index (χ0v) is 32.5. The maximum absolute atomic E-state index is 14.7. The number of unbranched alkanes of at least 4 members (excludes halogenated alkanes) is 1. The van der Waals surface area contributed by atoms with Gasteiger partial charge in [-0.15, -0.1) is 6.58 Å². The molecular weight excluding hydrogens is 683 g/mol. The summed E-state index contributed by atoms with van der Waals surface area (Å²) in [5.41, 5.74) is -1.07. The molecule has 0 aromatic carbocycles. The van der Waals surface area contributed by atoms with Gasteiger partial charge in [0.05, 0.1) is 22.6 Å². The molecule has 292 valence electrons. The molecule has 13 heteroatoms. The number of ketones is 1. The third-order valence-electron chi connectivity index (χ3n) is 13.0. The van der Waals surface area contributed by atoms with E-state index in [4.69, 9.17) is 0 Å². The molecular formula is C39H63N5O7S. The molecule has 0 bridgehead atoms. The number of nitrogens with zero attached hydrogens (tertiary/aromatic N) is 1. The van der Waals surface area contributed by atoms with Crippen LogP contribution in [-0.2, 0) is 29.0 Å². The number of carbonyl (C=O) groups excluding carboxylic acids is 5. The summed E-state index contributed by atoms with van der Waals surface area (Å²) in [6.07, 6.45) is 14.5. The van der Waals surface area contributed by atoms with E-state index in [9.17, 15) is 32.4 Å². The number of urea groups is 1. The third kappa shape index (κ3) is 9.04. The molecule has 5 amide bonds. The van der Waals surface area contributed by atoms with Gasteiger partial charge in [-0.1, -0.05) is 91.1 Å². The highest BCUT2D eigenvalue weighted by molar-refractivity contribution is 7.92. The first-order valence-electron chi connectivity index (χ1n) is 20.1. The average molecular weight is 746 g/mol. The molecule has 12 nitrogen and oxygen atoms in total. The predicted molar refractivity (Wildman–Crippen MR) is 200 cm³/mol. The van der Waals surface area contributed by atoms with E-state index in [-0.39, 0.29) is 46.6 Å². The minimum absolute atomic E-state index is 0.0833. The van der Waals surface area contributed by atoms with Crippen molar-refractivity contribution in [1.82, 2.24) is 26.2 Å². The second-order valence-corrected chi connectivity index (χ2v) is 19.3. The van der Waals surface area contributed by atoms with E-state index in [1.807, 2.05) is 6.92 Å². The monoisotopic (exact) mass is 745 g/mol. The number of carbonyl (C=O) groups is 5. The van der Waals surface area contributed by atoms with Gasteiger partial charge in [0.1, 0.15) is 12.1 Å². The summed E-state index contributed by atoms with van der Waals surface area (Å²) in [7, 11) is -3.42. The van der Waals surface area contributed by atoms with Gasteiger partial charge in [0, 0.05) is 13.1 Å². The van der Waals surface area contributed by atoms with Crippen LogP contribution in [-0.4, -0.2) is 90.6 Å². The predicted octanol–water partition coefficient (Wildman–Crippen LogP) is 4.32. The summed E-state index contributed by atoms with van der Waals surface area (Å²) >= 11 is 0. The van der Waals surface area contributed by atoms with Gasteiger partial charge >= 0.3 is 6.03 Å². The van der Waals surface area contributed by atoms with E-state index >= 15 is 0 Å². The number of piperidine rings is 1. The Morgan fingerprint density at radius 3 is 2.17 bits per heavy atom. The van der Waals surface area contributed by atoms with E-state index in [0.29, 0.717) is 45.1 Å². The fraction of sp³-hybridized carbons (Fsp3) is 0.821. The number of hydrogen-bond donors (Lipinski definition) is 4. The zero-order valence-electron chi connectivity index (χ0n) is 31.7. The van der Waals surface area contributed by atoms with Crippen LogP contribution in [0.5, 0.6) is 0 Å². The number of likely N-dealkylation sites (tertiary alicyclic amines) is 1. The first-order valence-corrected chi connectivity index (χ1v) is 21.8. The van der Waals surface area contributed by atoms with Crippen LogP contribution in [0.3, 0.4) is 0 Å². The van der Waals surface area contributed by atoms with Crippen molar-refractivity contribution in [2.45, 2.75) is 159 Å². The van der Waals surface area contributed by atoms with Crippen molar-refractivity contribution in [3.05, 3.63) is 12.7 Å². The van der Waals surface area contributed by atoms with Crippen LogP contribution in [0, 0.1) is 23.2 Å². The summed E-state index contributed by atoms with van der Waals surface area (Å²) in [5.74, 6) is -2.54. The Kier molecular flexibility index (Phi) is 13.2. The molecule has 52 heavy (non-hydrogen) atoms. The summed E-state index contributed by atoms with van der Waals surface area (Å²) < 4.78 is 27.1. The number of amides is 5. The Hall–Kier alpha value is -2.96. The van der Waals surface area contributed by atoms with Crippen molar-refractivity contribution in [3.8, 4) is 0 Å². The molecule has 5 fully saturated rings. The highest BCUT2D eigenvalue weighted by Gasteiger charge is 2.69. The Balaban J connectivity index is 1.36. The van der Waals surface area contributed by atoms with Crippen molar-refractivity contribution in [2.24, 2.45) is 23.2 Å². The lowest BCUT2D eigenvalue weighted by Gasteiger charge is -2.40. The summed E-state index contributed by atoms with van der Waals surface area (Å²) in [6.45, 7) is 10.2. The molecule has 5 rings (SSSR count). The molecule has 5 atom stereocenters. The number of rotatable bonds is 16. The number of nitrogens with one attached hydrogen (secondary N) is 4. The largest absolute Gasteiger partial charge is 0.346 e. The van der Waals surface area contributed by atoms with Crippen LogP contribution in [0.2, 0.25) is 0 Å². The van der Waals surface area contributed by atoms with E-state index in [1.54, 1.807) is 4.90 Å². The van der Waals surface area contributed by atoms with Gasteiger partial charge in [-0.2, -0.15) is 0 Å². The summed E-state index contributed by atoms with van der Waals surface area (Å²) in [4.78, 5) is 70.4. The highest BCUT2D eigenvalue weighted by atomic mass is 32.2. The smallest absolute Gasteiger partial charge is 0.315 e. The normalized spacial score (nSPS) is 26.8. The van der Waals surface area contributed by atoms with Crippen molar-refractivity contribution in [1.29, 1.82) is 0 Å². The third-order valence-corrected chi connectivity index (χ3v) is 15.5. The SMILES string of the molecule is C=CCNC(=O)C(=O)[C@H](CCCC)NC(=O)[C@@H]1[C@@H]2[C@H](CN1C(=O)[C@@H](NC(=O)NC1(CS(=O)(=O)C3CCCC3)CCCCC1)C1CCCCC1)C2(C)C. The maximum atomic E-state index is 14.7. The maximum Gasteiger partial charge on any atom is 0.315 e. The molecule has 0 spiro atoms. The summed E-state index contributed by atoms with van der Waals surface area (Å²) in [6, 6.07) is -3.29. The van der Waals surface area contributed by atoms with Crippen LogP contribution in [0.1, 0.15) is 130 Å². The topological polar surface area (TPSA) is 171 Å². The average Bonchev–Trinajstić information content (AvgIpc) is 3.58. The van der Waals surface area contributed by atoms with Crippen LogP contribution in [0.4, 0.5) is 4.79 Å². The Bertz CT molecular complexity index is 1450. The molecule has 0 aromatic heterocycles. The minimum Gasteiger partial charge on any atom is -0.346 e. The fourth-order valence-corrected chi connectivity index (χ4v) is 12.3. The highest BCUT2D eigenvalue weighted by Crippen LogP contribution is 2.65. The molecule has 0 radical (unpaired) electrons. The molecule has 4 aliphatic carbocycles. The Morgan fingerprint density at radius 1 is 0.904 bits per heavy atom. The standard InChI is InChI=1S/C39H63N5O7S/c1-5-7-20-29(33(45)35(47)40-23-6-2)41-34(46)32-30-28(38(30,3)4)24-44(32)36(48)31(26-16-10-8-11-17-26)42-37(49)43-39(21-14-9-15-22-39)25-52(50,51)27-18-12-13-19-27/h6,26-32H,2,5,7-25H2,1,3-4H3,(H,40,47)(H,41,46)(H2,42,43,49)/t28-,29-,30-,31-,32-/m0/s1. The molecule has 0 unspecified atom stereocenters. The van der Waals surface area contributed by atoms with Crippen LogP contribution < -0.4 is 21.3 Å². The summed E-state index contributed by atoms with van der Waals surface area (Å²) in [5, 5.41) is 11.2. The first kappa shape index (κ1) is 40.2. The van der Waals surface area contributed by atoms with Gasteiger partial charge < -0.3 is 26.2 Å². The lowest BCUT2D eigenvalue weighted by molar-refractivity contribution is -0.144. The minimum atomic E-state index is -3.42. The molecule has 1 saturated heterocycles. The quantitative estimate of drug-likeness (QED) is 0.135. The van der Waals surface area contributed by atoms with Crippen LogP contribution >= 0.6 is 0 Å². The van der Waals surface area contributed by atoms with Crippen molar-refractivity contribution >= 4 is 39.4 Å². The first-order chi connectivity index (χ1) is 24.7. The van der Waals surface area contributed by atoms with Crippen LogP contribution in [0.25, 0.3) is 0 Å². The number of Topliss-reactive ketones (excluding diaryl/α,β-unsaturated/α-hetero) is 1. The van der Waals surface area contributed by atoms with Gasteiger partial charge in [-0.05, 0) is 68.1 Å². The molecule has 1 heterocycles. The van der Waals surface area contributed by atoms with Gasteiger partial charge in [0.2, 0.25) is 17.6 Å². The lowest BCUT2D eigenvalue weighted by Crippen LogP contribution is -2.63. The van der Waals surface area contributed by atoms with Crippen molar-refractivity contribution in [2.75, 3.05) is 18.8 Å². The molecule has 4 N–H and O–H groups in total. The molecule has 0 aromatic rings. The molecule has 4 saturated carbocycles. The van der Waals surface area contributed by atoms with E-state index in [1.165, 1.54) is 6.08 Å². The van der Waals surface area contributed by atoms with Crippen LogP contribution in [0.15, 0.2) is 12.7 Å². The van der Waals surface area contributed by atoms with Gasteiger partial charge in [0.25, 0.3) is 5.91 Å². The van der Waals surface area contributed by atoms with Gasteiger partial charge in [-0.3, -0.25) is 19.2 Å². The number of fused-ring (bicyclic) bond motifs is 1. The van der Waals surface area contributed by atoms with E-state index in [2.05, 4.69) is 41.7 Å². The fourth-order valence-electron chi connectivity index (χ4n) is 9.89. The lowest BCUT2D eigenvalue weighted by atomic mass is 9.82. The second-order valence-electron chi connectivity index (χ2n) is 17.0.